The van der Waals surface area contributed by atoms with Crippen molar-refractivity contribution < 1.29 is 13.2 Å². The van der Waals surface area contributed by atoms with E-state index in [-0.39, 0.29) is 35.8 Å². The van der Waals surface area contributed by atoms with E-state index in [2.05, 4.69) is 10.2 Å². The molecule has 0 unspecified atom stereocenters. The van der Waals surface area contributed by atoms with Crippen LogP contribution in [0.2, 0.25) is 0 Å². The Kier molecular flexibility index (Phi) is 7.44. The second-order valence-corrected chi connectivity index (χ2v) is 11.8. The molecule has 1 aromatic heterocycles. The monoisotopic (exact) mass is 491 g/mol. The van der Waals surface area contributed by atoms with Gasteiger partial charge >= 0.3 is 0 Å². The Labute approximate surface area is 202 Å². The quantitative estimate of drug-likeness (QED) is 0.391. The highest BCUT2D eigenvalue weighted by Gasteiger charge is 2.45. The van der Waals surface area contributed by atoms with E-state index >= 15 is 0 Å². The van der Waals surface area contributed by atoms with E-state index < -0.39 is 10.0 Å². The average Bonchev–Trinajstić information content (AvgIpc) is 3.32. The molecule has 1 aromatic rings. The average molecular weight is 492 g/mol. The summed E-state index contributed by atoms with van der Waals surface area (Å²) in [4.78, 5) is 11.6. The molecule has 3 saturated heterocycles. The maximum Gasteiger partial charge on any atom is 0.227 e. The van der Waals surface area contributed by atoms with Crippen molar-refractivity contribution in [1.29, 1.82) is 5.41 Å². The van der Waals surface area contributed by atoms with Gasteiger partial charge in [-0.2, -0.15) is 9.29 Å². The zero-order valence-corrected chi connectivity index (χ0v) is 21.1. The third kappa shape index (κ3) is 5.36. The standard InChI is InChI=1S/C23H37N7O3S/c1-4-34(31,32)30-16-7-5-8-17(30)13-18(12-16)29(3)23-26-19(20-9-6-10-33-20)14-22(28-23)27-21(25)11-15(2)24/h11,14,16-18,20H,4-10,12-13,24H2,1-3H3,(H2,25,26,27,28)/b15-11-/t16-,17+,18-,20-/m1/s1. The Morgan fingerprint density at radius 1 is 1.29 bits per heavy atom. The van der Waals surface area contributed by atoms with Crippen molar-refractivity contribution in [2.24, 2.45) is 5.73 Å². The first-order valence-corrected chi connectivity index (χ1v) is 13.8. The van der Waals surface area contributed by atoms with Gasteiger partial charge in [-0.1, -0.05) is 6.42 Å². The fourth-order valence-corrected chi connectivity index (χ4v) is 7.03. The maximum absolute atomic E-state index is 12.8. The Balaban J connectivity index is 1.60. The number of hydrogen-bond donors (Lipinski definition) is 3. The van der Waals surface area contributed by atoms with E-state index in [1.54, 1.807) is 24.2 Å². The highest BCUT2D eigenvalue weighted by Crippen LogP contribution is 2.39. The van der Waals surface area contributed by atoms with Gasteiger partial charge in [0.05, 0.1) is 17.6 Å². The van der Waals surface area contributed by atoms with Crippen LogP contribution in [0.3, 0.4) is 0 Å². The van der Waals surface area contributed by atoms with Crippen LogP contribution in [0.1, 0.15) is 70.6 Å². The largest absolute Gasteiger partial charge is 0.402 e. The fraction of sp³-hybridized carbons (Fsp3) is 0.696. The van der Waals surface area contributed by atoms with Crippen molar-refractivity contribution in [3.8, 4) is 0 Å². The molecule has 0 spiro atoms. The molecule has 0 amide bonds. The summed E-state index contributed by atoms with van der Waals surface area (Å²) in [6.45, 7) is 4.16. The number of ether oxygens (including phenoxy) is 1. The van der Waals surface area contributed by atoms with Crippen LogP contribution in [0.25, 0.3) is 0 Å². The molecule has 4 N–H and O–H groups in total. The summed E-state index contributed by atoms with van der Waals surface area (Å²) in [6.07, 6.45) is 7.71. The summed E-state index contributed by atoms with van der Waals surface area (Å²) in [6, 6.07) is 2.02. The molecule has 3 fully saturated rings. The van der Waals surface area contributed by atoms with Gasteiger partial charge in [-0.15, -0.1) is 0 Å². The highest BCUT2D eigenvalue weighted by molar-refractivity contribution is 7.89. The third-order valence-corrected chi connectivity index (χ3v) is 9.03. The van der Waals surface area contributed by atoms with E-state index in [1.165, 1.54) is 0 Å². The van der Waals surface area contributed by atoms with Gasteiger partial charge in [0, 0.05) is 43.5 Å². The molecule has 4 atom stereocenters. The molecule has 34 heavy (non-hydrogen) atoms. The smallest absolute Gasteiger partial charge is 0.227 e. The van der Waals surface area contributed by atoms with Crippen molar-refractivity contribution in [3.05, 3.63) is 23.5 Å². The topological polar surface area (TPSA) is 138 Å². The minimum Gasteiger partial charge on any atom is -0.402 e. The number of nitrogens with zero attached hydrogens (tertiary/aromatic N) is 4. The number of anilines is 2. The summed E-state index contributed by atoms with van der Waals surface area (Å²) in [5.41, 5.74) is 7.05. The number of piperidine rings is 2. The lowest BCUT2D eigenvalue weighted by Crippen LogP contribution is -2.58. The number of allylic oxidation sites excluding steroid dienone is 1. The van der Waals surface area contributed by atoms with Crippen LogP contribution < -0.4 is 16.0 Å². The SMILES string of the molecule is CCS(=O)(=O)N1[C@@H]2CCC[C@H]1C[C@H](N(C)c1nc(NC(=N)/C=C(/C)N)cc([C@H]3CCCO3)n1)C2. The van der Waals surface area contributed by atoms with E-state index in [4.69, 9.17) is 25.8 Å². The van der Waals surface area contributed by atoms with E-state index in [0.717, 1.165) is 50.6 Å². The molecule has 10 nitrogen and oxygen atoms in total. The molecule has 188 valence electrons. The van der Waals surface area contributed by atoms with E-state index in [0.29, 0.717) is 24.1 Å². The van der Waals surface area contributed by atoms with Gasteiger partial charge in [-0.25, -0.2) is 13.4 Å². The second-order valence-electron chi connectivity index (χ2n) is 9.61. The Hall–Kier alpha value is -2.24. The van der Waals surface area contributed by atoms with Crippen LogP contribution in [0.15, 0.2) is 17.8 Å². The number of nitrogens with one attached hydrogen (secondary N) is 2. The van der Waals surface area contributed by atoms with Gasteiger partial charge < -0.3 is 20.7 Å². The lowest BCUT2D eigenvalue weighted by Gasteiger charge is -2.49. The fourth-order valence-electron chi connectivity index (χ4n) is 5.44. The maximum atomic E-state index is 12.8. The van der Waals surface area contributed by atoms with Gasteiger partial charge in [0.2, 0.25) is 16.0 Å². The zero-order chi connectivity index (χ0) is 24.5. The molecule has 0 saturated carbocycles. The molecular weight excluding hydrogens is 454 g/mol. The number of aromatic nitrogens is 2. The zero-order valence-electron chi connectivity index (χ0n) is 20.3. The van der Waals surface area contributed by atoms with Crippen LogP contribution in [0.4, 0.5) is 11.8 Å². The highest BCUT2D eigenvalue weighted by atomic mass is 32.2. The van der Waals surface area contributed by atoms with Crippen LogP contribution in [-0.4, -0.2) is 66.1 Å². The molecule has 4 heterocycles. The third-order valence-electron chi connectivity index (χ3n) is 7.06. The number of nitrogens with two attached hydrogens (primary N) is 1. The first-order valence-electron chi connectivity index (χ1n) is 12.2. The van der Waals surface area contributed by atoms with Crippen LogP contribution >= 0.6 is 0 Å². The van der Waals surface area contributed by atoms with Crippen molar-refractivity contribution in [1.82, 2.24) is 14.3 Å². The van der Waals surface area contributed by atoms with Crippen molar-refractivity contribution in [3.63, 3.8) is 0 Å². The van der Waals surface area contributed by atoms with Gasteiger partial charge in [-0.3, -0.25) is 5.41 Å². The van der Waals surface area contributed by atoms with Crippen molar-refractivity contribution in [2.75, 3.05) is 29.6 Å². The Morgan fingerprint density at radius 3 is 2.59 bits per heavy atom. The minimum atomic E-state index is -3.22. The lowest BCUT2D eigenvalue weighted by atomic mass is 9.83. The minimum absolute atomic E-state index is 0.0229. The molecule has 11 heteroatoms. The number of hydrogen-bond acceptors (Lipinski definition) is 8. The molecule has 3 aliphatic rings. The first kappa shape index (κ1) is 24.9. The van der Waals surface area contributed by atoms with Gasteiger partial charge in [-0.05, 0) is 58.4 Å². The summed E-state index contributed by atoms with van der Waals surface area (Å²) in [5, 5.41) is 11.2. The Bertz CT molecular complexity index is 1020. The van der Waals surface area contributed by atoms with Crippen LogP contribution in [0, 0.1) is 5.41 Å². The summed E-state index contributed by atoms with van der Waals surface area (Å²) < 4.78 is 33.2. The normalized spacial score (nSPS) is 28.0. The predicted octanol–water partition coefficient (Wildman–Crippen LogP) is 2.75. The summed E-state index contributed by atoms with van der Waals surface area (Å²) in [5.74, 6) is 1.38. The lowest BCUT2D eigenvalue weighted by molar-refractivity contribution is 0.107. The van der Waals surface area contributed by atoms with E-state index in [9.17, 15) is 8.42 Å². The molecule has 0 aliphatic carbocycles. The van der Waals surface area contributed by atoms with Gasteiger partial charge in [0.15, 0.2) is 0 Å². The number of rotatable bonds is 7. The number of fused-ring (bicyclic) bond motifs is 2. The first-order chi connectivity index (χ1) is 16.2. The van der Waals surface area contributed by atoms with Crippen molar-refractivity contribution >= 4 is 27.6 Å². The second kappa shape index (κ2) is 10.2. The predicted molar refractivity (Wildman–Crippen MR) is 133 cm³/mol. The molecule has 0 radical (unpaired) electrons. The number of amidine groups is 1. The molecular formula is C23H37N7O3S. The molecule has 3 aliphatic heterocycles. The van der Waals surface area contributed by atoms with Crippen LogP contribution in [-0.2, 0) is 14.8 Å². The summed E-state index contributed by atoms with van der Waals surface area (Å²) >= 11 is 0. The molecule has 0 aromatic carbocycles. The van der Waals surface area contributed by atoms with E-state index in [1.807, 2.05) is 13.1 Å². The Morgan fingerprint density at radius 2 is 2.00 bits per heavy atom. The summed E-state index contributed by atoms with van der Waals surface area (Å²) in [7, 11) is -1.24. The molecule has 4 rings (SSSR count). The van der Waals surface area contributed by atoms with Gasteiger partial charge in [0.25, 0.3) is 0 Å². The van der Waals surface area contributed by atoms with Crippen molar-refractivity contribution in [2.45, 2.75) is 83.0 Å². The number of sulfonamides is 1. The van der Waals surface area contributed by atoms with Crippen LogP contribution in [0.5, 0.6) is 0 Å². The molecule has 2 bridgehead atoms. The van der Waals surface area contributed by atoms with Gasteiger partial charge in [0.1, 0.15) is 11.7 Å².